The van der Waals surface area contributed by atoms with E-state index in [0.29, 0.717) is 35.9 Å². The van der Waals surface area contributed by atoms with Crippen LogP contribution < -0.4 is 0 Å². The molecular formula is C24H36O7. The maximum Gasteiger partial charge on any atom is 0.166 e. The van der Waals surface area contributed by atoms with Crippen LogP contribution >= 0.6 is 0 Å². The van der Waals surface area contributed by atoms with Gasteiger partial charge in [-0.3, -0.25) is 0 Å². The van der Waals surface area contributed by atoms with Crippen molar-refractivity contribution in [2.45, 2.75) is 44.5 Å². The lowest BCUT2D eigenvalue weighted by Crippen LogP contribution is -2.43. The average molecular weight is 437 g/mol. The van der Waals surface area contributed by atoms with Crippen molar-refractivity contribution in [1.29, 1.82) is 0 Å². The van der Waals surface area contributed by atoms with Gasteiger partial charge >= 0.3 is 0 Å². The summed E-state index contributed by atoms with van der Waals surface area (Å²) >= 11 is 0. The summed E-state index contributed by atoms with van der Waals surface area (Å²) in [5.41, 5.74) is 1.24. The van der Waals surface area contributed by atoms with E-state index in [1.165, 1.54) is 0 Å². The van der Waals surface area contributed by atoms with Crippen LogP contribution in [-0.4, -0.2) is 65.6 Å². The second-order valence-corrected chi connectivity index (χ2v) is 8.66. The highest BCUT2D eigenvalue weighted by atomic mass is 16.5. The minimum absolute atomic E-state index is 0.0163. The molecule has 31 heavy (non-hydrogen) atoms. The van der Waals surface area contributed by atoms with Crippen molar-refractivity contribution >= 4 is 0 Å². The fourth-order valence-electron chi connectivity index (χ4n) is 5.17. The Morgan fingerprint density at radius 3 is 1.58 bits per heavy atom. The minimum Gasteiger partial charge on any atom is -0.497 e. The van der Waals surface area contributed by atoms with Crippen molar-refractivity contribution in [3.8, 4) is 0 Å². The van der Waals surface area contributed by atoms with Crippen molar-refractivity contribution in [2.24, 2.45) is 17.8 Å². The predicted octanol–water partition coefficient (Wildman–Crippen LogP) is 3.32. The predicted molar refractivity (Wildman–Crippen MR) is 116 cm³/mol. The second kappa shape index (κ2) is 9.27. The Balaban J connectivity index is 2.29. The molecule has 0 saturated heterocycles. The molecule has 3 rings (SSSR count). The van der Waals surface area contributed by atoms with Gasteiger partial charge in [-0.15, -0.1) is 0 Å². The molecule has 0 amide bonds. The first-order valence-corrected chi connectivity index (χ1v) is 10.6. The van der Waals surface area contributed by atoms with Crippen molar-refractivity contribution in [3.63, 3.8) is 0 Å². The highest BCUT2D eigenvalue weighted by molar-refractivity contribution is 5.43. The molecule has 0 heterocycles. The summed E-state index contributed by atoms with van der Waals surface area (Å²) in [7, 11) is 9.82. The van der Waals surface area contributed by atoms with Gasteiger partial charge in [0.1, 0.15) is 23.7 Å². The lowest BCUT2D eigenvalue weighted by Gasteiger charge is -2.45. The summed E-state index contributed by atoms with van der Waals surface area (Å²) in [6, 6.07) is 0. The SMILES string of the molecule is COC1=C(OC)[C@@H]2C(=CC1OC)C[C@](C)(O)[C@@H](C)CC1=C[C@@H](OC)C(OC)=C(OC)[C@@H]12. The summed E-state index contributed by atoms with van der Waals surface area (Å²) in [6.07, 6.45) is 4.55. The van der Waals surface area contributed by atoms with E-state index in [2.05, 4.69) is 13.0 Å². The van der Waals surface area contributed by atoms with Crippen LogP contribution in [0.4, 0.5) is 0 Å². The van der Waals surface area contributed by atoms with Crippen molar-refractivity contribution in [1.82, 2.24) is 0 Å². The fraction of sp³-hybridized carbons (Fsp3) is 0.667. The third kappa shape index (κ3) is 3.99. The van der Waals surface area contributed by atoms with Crippen LogP contribution in [0.5, 0.6) is 0 Å². The number of hydrogen-bond acceptors (Lipinski definition) is 7. The highest BCUT2D eigenvalue weighted by Gasteiger charge is 2.49. The topological polar surface area (TPSA) is 75.6 Å². The number of aliphatic hydroxyl groups is 1. The Bertz CT molecular complexity index is 805. The van der Waals surface area contributed by atoms with E-state index in [1.54, 1.807) is 42.7 Å². The third-order valence-electron chi connectivity index (χ3n) is 6.98. The molecule has 7 heteroatoms. The lowest BCUT2D eigenvalue weighted by atomic mass is 9.64. The Morgan fingerprint density at radius 1 is 0.742 bits per heavy atom. The second-order valence-electron chi connectivity index (χ2n) is 8.66. The van der Waals surface area contributed by atoms with E-state index < -0.39 is 11.7 Å². The molecule has 3 aliphatic rings. The molecule has 0 radical (unpaired) electrons. The van der Waals surface area contributed by atoms with Gasteiger partial charge in [0, 0.05) is 14.2 Å². The molecule has 7 nitrogen and oxygen atoms in total. The number of rotatable bonds is 6. The van der Waals surface area contributed by atoms with E-state index >= 15 is 0 Å². The Labute approximate surface area is 185 Å². The number of fused-ring (bicyclic) bond motifs is 3. The quantitative estimate of drug-likeness (QED) is 0.640. The van der Waals surface area contributed by atoms with Crippen LogP contribution in [0.15, 0.2) is 46.3 Å². The van der Waals surface area contributed by atoms with Gasteiger partial charge in [0.05, 0.1) is 45.9 Å². The Hall–Kier alpha value is -1.96. The average Bonchev–Trinajstić information content (AvgIpc) is 2.76. The van der Waals surface area contributed by atoms with E-state index in [4.69, 9.17) is 28.4 Å². The van der Waals surface area contributed by atoms with Crippen LogP contribution in [0.2, 0.25) is 0 Å². The number of hydrogen-bond donors (Lipinski definition) is 1. The summed E-state index contributed by atoms with van der Waals surface area (Å²) in [5.74, 6) is 2.26. The zero-order valence-electron chi connectivity index (χ0n) is 19.9. The van der Waals surface area contributed by atoms with Crippen molar-refractivity contribution in [3.05, 3.63) is 46.3 Å². The van der Waals surface area contributed by atoms with Gasteiger partial charge in [-0.05, 0) is 37.8 Å². The Kier molecular flexibility index (Phi) is 7.08. The van der Waals surface area contributed by atoms with Crippen LogP contribution in [0.3, 0.4) is 0 Å². The standard InChI is InChI=1S/C24H36O7/c1-13-9-14-10-16(26-3)20(28-5)22(30-7)18(14)19-15(12-24(13,2)25)11-17(27-4)21(29-6)23(19)31-8/h10-11,13,16-19,25H,9,12H2,1-8H3/t13-,16+,17?,18-,19+,24-/m0/s1. The minimum atomic E-state index is -0.904. The van der Waals surface area contributed by atoms with E-state index in [1.807, 2.05) is 13.0 Å². The first-order valence-electron chi connectivity index (χ1n) is 10.6. The summed E-state index contributed by atoms with van der Waals surface area (Å²) < 4.78 is 34.7. The van der Waals surface area contributed by atoms with E-state index in [-0.39, 0.29) is 23.9 Å². The Morgan fingerprint density at radius 2 is 1.16 bits per heavy atom. The molecule has 3 aliphatic carbocycles. The van der Waals surface area contributed by atoms with E-state index in [9.17, 15) is 5.11 Å². The monoisotopic (exact) mass is 436 g/mol. The first kappa shape index (κ1) is 23.7. The van der Waals surface area contributed by atoms with Gasteiger partial charge < -0.3 is 33.5 Å². The molecule has 1 N–H and O–H groups in total. The zero-order valence-corrected chi connectivity index (χ0v) is 19.9. The number of methoxy groups -OCH3 is 6. The maximum absolute atomic E-state index is 11.4. The number of allylic oxidation sites excluding steroid dienone is 2. The number of ether oxygens (including phenoxy) is 6. The molecule has 1 fully saturated rings. The molecular weight excluding hydrogens is 400 g/mol. The first-order chi connectivity index (χ1) is 14.8. The summed E-state index contributed by atoms with van der Waals surface area (Å²) in [4.78, 5) is 0. The molecule has 1 unspecified atom stereocenters. The zero-order chi connectivity index (χ0) is 22.9. The smallest absolute Gasteiger partial charge is 0.166 e. The third-order valence-corrected chi connectivity index (χ3v) is 6.98. The normalized spacial score (nSPS) is 35.8. The van der Waals surface area contributed by atoms with Crippen molar-refractivity contribution in [2.75, 3.05) is 42.7 Å². The van der Waals surface area contributed by atoms with Gasteiger partial charge in [0.15, 0.2) is 11.5 Å². The molecule has 6 atom stereocenters. The molecule has 1 saturated carbocycles. The van der Waals surface area contributed by atoms with Crippen LogP contribution in [0, 0.1) is 17.8 Å². The molecule has 0 aromatic rings. The van der Waals surface area contributed by atoms with Gasteiger partial charge in [0.2, 0.25) is 0 Å². The largest absolute Gasteiger partial charge is 0.497 e. The van der Waals surface area contributed by atoms with E-state index in [0.717, 1.165) is 11.1 Å². The molecule has 0 aromatic heterocycles. The van der Waals surface area contributed by atoms with Gasteiger partial charge in [0.25, 0.3) is 0 Å². The van der Waals surface area contributed by atoms with Gasteiger partial charge in [-0.2, -0.15) is 0 Å². The molecule has 0 bridgehead atoms. The summed E-state index contributed by atoms with van der Waals surface area (Å²) in [5, 5.41) is 11.4. The van der Waals surface area contributed by atoms with Gasteiger partial charge in [-0.25, -0.2) is 0 Å². The molecule has 0 spiro atoms. The maximum atomic E-state index is 11.4. The molecule has 0 aromatic carbocycles. The van der Waals surface area contributed by atoms with Crippen molar-refractivity contribution < 1.29 is 33.5 Å². The summed E-state index contributed by atoms with van der Waals surface area (Å²) in [6.45, 7) is 3.97. The van der Waals surface area contributed by atoms with Crippen LogP contribution in [0.25, 0.3) is 0 Å². The van der Waals surface area contributed by atoms with Crippen LogP contribution in [-0.2, 0) is 28.4 Å². The molecule has 0 aliphatic heterocycles. The highest BCUT2D eigenvalue weighted by Crippen LogP contribution is 2.52. The molecule has 174 valence electrons. The fourth-order valence-corrected chi connectivity index (χ4v) is 5.17. The van der Waals surface area contributed by atoms with Gasteiger partial charge in [-0.1, -0.05) is 18.1 Å². The lowest BCUT2D eigenvalue weighted by molar-refractivity contribution is -0.00737. The van der Waals surface area contributed by atoms with Crippen LogP contribution in [0.1, 0.15) is 26.7 Å².